The maximum atomic E-state index is 14.2. The number of pyridine rings is 1. The molecule has 1 aliphatic heterocycles. The van der Waals surface area contributed by atoms with Crippen molar-refractivity contribution in [2.45, 2.75) is 46.3 Å². The zero-order chi connectivity index (χ0) is 24.8. The second kappa shape index (κ2) is 12.0. The fourth-order valence-electron chi connectivity index (χ4n) is 4.70. The van der Waals surface area contributed by atoms with Gasteiger partial charge in [0.25, 0.3) is 0 Å². The Bertz CT molecular complexity index is 1070. The van der Waals surface area contributed by atoms with E-state index in [1.54, 1.807) is 12.1 Å². The molecule has 0 N–H and O–H groups in total. The summed E-state index contributed by atoms with van der Waals surface area (Å²) in [5.74, 6) is 1.38. The van der Waals surface area contributed by atoms with E-state index in [2.05, 4.69) is 70.8 Å². The SMILES string of the molecule is CCN(Cc1ccc(CN2CCN(c3ncccc3C(C)C)CC2)cc1)Cc1c(F)cccc1Cl. The van der Waals surface area contributed by atoms with Crippen molar-refractivity contribution >= 4 is 17.4 Å². The lowest BCUT2D eigenvalue weighted by Crippen LogP contribution is -2.46. The van der Waals surface area contributed by atoms with Crippen molar-refractivity contribution in [2.24, 2.45) is 0 Å². The third-order valence-corrected chi connectivity index (χ3v) is 7.19. The van der Waals surface area contributed by atoms with Crippen LogP contribution >= 0.6 is 11.6 Å². The molecule has 0 radical (unpaired) electrons. The van der Waals surface area contributed by atoms with Crippen molar-refractivity contribution in [1.82, 2.24) is 14.8 Å². The van der Waals surface area contributed by atoms with Gasteiger partial charge in [0.15, 0.2) is 0 Å². The zero-order valence-electron chi connectivity index (χ0n) is 21.1. The number of hydrogen-bond acceptors (Lipinski definition) is 4. The summed E-state index contributed by atoms with van der Waals surface area (Å²) in [5, 5.41) is 0.488. The number of aromatic nitrogens is 1. The van der Waals surface area contributed by atoms with Gasteiger partial charge in [0.05, 0.1) is 0 Å². The third-order valence-electron chi connectivity index (χ3n) is 6.84. The zero-order valence-corrected chi connectivity index (χ0v) is 21.8. The van der Waals surface area contributed by atoms with Crippen LogP contribution in [0.5, 0.6) is 0 Å². The summed E-state index contributed by atoms with van der Waals surface area (Å²) in [6.07, 6.45) is 1.90. The third kappa shape index (κ3) is 6.60. The summed E-state index contributed by atoms with van der Waals surface area (Å²) in [6.45, 7) is 13.7. The minimum absolute atomic E-state index is 0.241. The minimum atomic E-state index is -0.241. The summed E-state index contributed by atoms with van der Waals surface area (Å²) in [5.41, 5.74) is 4.44. The van der Waals surface area contributed by atoms with E-state index < -0.39 is 0 Å². The molecule has 0 aliphatic carbocycles. The highest BCUT2D eigenvalue weighted by atomic mass is 35.5. The number of benzene rings is 2. The summed E-state index contributed by atoms with van der Waals surface area (Å²) in [4.78, 5) is 11.8. The van der Waals surface area contributed by atoms with Crippen molar-refractivity contribution in [3.63, 3.8) is 0 Å². The highest BCUT2D eigenvalue weighted by Gasteiger charge is 2.21. The first-order chi connectivity index (χ1) is 16.9. The van der Waals surface area contributed by atoms with Crippen molar-refractivity contribution in [2.75, 3.05) is 37.6 Å². The Labute approximate surface area is 214 Å². The van der Waals surface area contributed by atoms with Crippen molar-refractivity contribution in [3.05, 3.63) is 93.9 Å². The standard InChI is InChI=1S/C29H36ClFN4/c1-4-33(21-26-27(30)8-5-9-28(26)31)19-23-10-12-24(13-11-23)20-34-15-17-35(18-16-34)29-25(22(2)3)7-6-14-32-29/h5-14,22H,4,15-21H2,1-3H3. The first-order valence-electron chi connectivity index (χ1n) is 12.6. The first-order valence-corrected chi connectivity index (χ1v) is 13.0. The van der Waals surface area contributed by atoms with Crippen LogP contribution in [0.25, 0.3) is 0 Å². The molecule has 2 heterocycles. The monoisotopic (exact) mass is 494 g/mol. The maximum absolute atomic E-state index is 14.2. The minimum Gasteiger partial charge on any atom is -0.354 e. The Morgan fingerprint density at radius 2 is 1.66 bits per heavy atom. The Morgan fingerprint density at radius 3 is 2.31 bits per heavy atom. The van der Waals surface area contributed by atoms with Gasteiger partial charge in [0, 0.05) is 62.6 Å². The lowest BCUT2D eigenvalue weighted by Gasteiger charge is -2.36. The van der Waals surface area contributed by atoms with E-state index >= 15 is 0 Å². The molecule has 6 heteroatoms. The van der Waals surface area contributed by atoms with E-state index in [0.717, 1.165) is 51.6 Å². The number of anilines is 1. The molecule has 3 aromatic rings. The topological polar surface area (TPSA) is 22.6 Å². The summed E-state index contributed by atoms with van der Waals surface area (Å²) >= 11 is 6.23. The van der Waals surface area contributed by atoms with E-state index in [1.165, 1.54) is 22.8 Å². The quantitative estimate of drug-likeness (QED) is 0.346. The first kappa shape index (κ1) is 25.6. The largest absolute Gasteiger partial charge is 0.354 e. The van der Waals surface area contributed by atoms with E-state index in [1.807, 2.05) is 12.3 Å². The van der Waals surface area contributed by atoms with Gasteiger partial charge in [-0.15, -0.1) is 0 Å². The molecule has 4 nitrogen and oxygen atoms in total. The van der Waals surface area contributed by atoms with E-state index in [0.29, 0.717) is 23.0 Å². The Hall–Kier alpha value is -2.47. The highest BCUT2D eigenvalue weighted by Crippen LogP contribution is 2.26. The second-order valence-corrected chi connectivity index (χ2v) is 10.1. The molecule has 0 unspecified atom stereocenters. The highest BCUT2D eigenvalue weighted by molar-refractivity contribution is 6.31. The van der Waals surface area contributed by atoms with Crippen LogP contribution in [0.3, 0.4) is 0 Å². The van der Waals surface area contributed by atoms with Crippen LogP contribution in [-0.2, 0) is 19.6 Å². The van der Waals surface area contributed by atoms with Crippen LogP contribution in [0, 0.1) is 5.82 Å². The van der Waals surface area contributed by atoms with E-state index in [4.69, 9.17) is 11.6 Å². The van der Waals surface area contributed by atoms with Crippen molar-refractivity contribution < 1.29 is 4.39 Å². The van der Waals surface area contributed by atoms with Gasteiger partial charge in [-0.25, -0.2) is 9.37 Å². The van der Waals surface area contributed by atoms with Gasteiger partial charge in [-0.3, -0.25) is 9.80 Å². The second-order valence-electron chi connectivity index (χ2n) is 9.65. The molecule has 35 heavy (non-hydrogen) atoms. The molecule has 1 fully saturated rings. The molecule has 2 aromatic carbocycles. The molecular formula is C29H36ClFN4. The summed E-state index contributed by atoms with van der Waals surface area (Å²) in [7, 11) is 0. The fourth-order valence-corrected chi connectivity index (χ4v) is 4.92. The fraction of sp³-hybridized carbons (Fsp3) is 0.414. The van der Waals surface area contributed by atoms with E-state index in [-0.39, 0.29) is 5.82 Å². The number of piperazine rings is 1. The molecule has 1 aliphatic rings. The van der Waals surface area contributed by atoms with Crippen LogP contribution < -0.4 is 4.90 Å². The van der Waals surface area contributed by atoms with Gasteiger partial charge in [-0.1, -0.05) is 68.8 Å². The molecule has 4 rings (SSSR count). The van der Waals surface area contributed by atoms with Crippen molar-refractivity contribution in [3.8, 4) is 0 Å². The predicted octanol–water partition coefficient (Wildman–Crippen LogP) is 6.34. The average molecular weight is 495 g/mol. The maximum Gasteiger partial charge on any atom is 0.132 e. The van der Waals surface area contributed by atoms with Crippen LogP contribution in [-0.4, -0.2) is 47.5 Å². The van der Waals surface area contributed by atoms with Crippen LogP contribution in [0.15, 0.2) is 60.8 Å². The van der Waals surface area contributed by atoms with E-state index in [9.17, 15) is 4.39 Å². The predicted molar refractivity (Wildman–Crippen MR) is 143 cm³/mol. The van der Waals surface area contributed by atoms with Gasteiger partial charge in [-0.2, -0.15) is 0 Å². The molecule has 0 atom stereocenters. The number of rotatable bonds is 9. The molecule has 0 amide bonds. The van der Waals surface area contributed by atoms with Crippen molar-refractivity contribution in [1.29, 1.82) is 0 Å². The summed E-state index contributed by atoms with van der Waals surface area (Å²) < 4.78 is 14.2. The Kier molecular flexibility index (Phi) is 8.77. The Morgan fingerprint density at radius 1 is 0.943 bits per heavy atom. The van der Waals surface area contributed by atoms with Crippen LogP contribution in [0.2, 0.25) is 5.02 Å². The molecular weight excluding hydrogens is 459 g/mol. The van der Waals surface area contributed by atoms with Crippen LogP contribution in [0.1, 0.15) is 48.9 Å². The Balaban J connectivity index is 1.30. The van der Waals surface area contributed by atoms with Gasteiger partial charge in [-0.05, 0) is 47.4 Å². The van der Waals surface area contributed by atoms with Gasteiger partial charge < -0.3 is 4.90 Å². The molecule has 186 valence electrons. The van der Waals surface area contributed by atoms with Gasteiger partial charge in [0.1, 0.15) is 11.6 Å². The molecule has 0 bridgehead atoms. The molecule has 0 spiro atoms. The molecule has 0 saturated carbocycles. The lowest BCUT2D eigenvalue weighted by atomic mass is 10.0. The number of hydrogen-bond donors (Lipinski definition) is 0. The normalized spacial score (nSPS) is 14.8. The molecule has 1 aromatic heterocycles. The number of halogens is 2. The van der Waals surface area contributed by atoms with Gasteiger partial charge >= 0.3 is 0 Å². The molecule has 1 saturated heterocycles. The smallest absolute Gasteiger partial charge is 0.132 e. The number of nitrogens with zero attached hydrogens (tertiary/aromatic N) is 4. The lowest BCUT2D eigenvalue weighted by molar-refractivity contribution is 0.249. The average Bonchev–Trinajstić information content (AvgIpc) is 2.87. The van der Waals surface area contributed by atoms with Crippen LogP contribution in [0.4, 0.5) is 10.2 Å². The van der Waals surface area contributed by atoms with Gasteiger partial charge in [0.2, 0.25) is 0 Å². The summed E-state index contributed by atoms with van der Waals surface area (Å²) in [6, 6.07) is 17.9.